The smallest absolute Gasteiger partial charge is 0.303 e. The van der Waals surface area contributed by atoms with E-state index in [4.69, 9.17) is 14.3 Å². The summed E-state index contributed by atoms with van der Waals surface area (Å²) in [4.78, 5) is 15.0. The number of hydrogen-bond acceptors (Lipinski definition) is 4. The monoisotopic (exact) mass is 325 g/mol. The average Bonchev–Trinajstić information content (AvgIpc) is 2.41. The van der Waals surface area contributed by atoms with Crippen molar-refractivity contribution >= 4 is 14.3 Å². The molecule has 0 aromatic carbocycles. The molecule has 0 radical (unpaired) electrons. The van der Waals surface area contributed by atoms with Crippen LogP contribution in [0.5, 0.6) is 5.88 Å². The van der Waals surface area contributed by atoms with Crippen LogP contribution in [0.15, 0.2) is 12.1 Å². The molecule has 0 fully saturated rings. The molecule has 0 unspecified atom stereocenters. The third kappa shape index (κ3) is 5.42. The molecule has 22 heavy (non-hydrogen) atoms. The lowest BCUT2D eigenvalue weighted by Gasteiger charge is -2.36. The van der Waals surface area contributed by atoms with E-state index in [-0.39, 0.29) is 11.5 Å². The van der Waals surface area contributed by atoms with Gasteiger partial charge in [0, 0.05) is 18.2 Å². The molecule has 1 N–H and O–H groups in total. The zero-order valence-corrected chi connectivity index (χ0v) is 15.4. The molecule has 5 nitrogen and oxygen atoms in total. The van der Waals surface area contributed by atoms with Gasteiger partial charge in [0.1, 0.15) is 0 Å². The van der Waals surface area contributed by atoms with Crippen LogP contribution in [0.2, 0.25) is 18.1 Å². The highest BCUT2D eigenvalue weighted by molar-refractivity contribution is 6.74. The van der Waals surface area contributed by atoms with Gasteiger partial charge in [-0.2, -0.15) is 0 Å². The second-order valence-electron chi connectivity index (χ2n) is 6.95. The number of carboxylic acid groups (broad SMARTS) is 1. The normalized spacial score (nSPS) is 12.3. The molecule has 0 aliphatic rings. The maximum absolute atomic E-state index is 10.7. The topological polar surface area (TPSA) is 68.7 Å². The maximum Gasteiger partial charge on any atom is 0.303 e. The number of carboxylic acids is 1. The number of aromatic nitrogens is 1. The summed E-state index contributed by atoms with van der Waals surface area (Å²) >= 11 is 0. The Bertz CT molecular complexity index is 523. The molecule has 1 aromatic rings. The van der Waals surface area contributed by atoms with Crippen molar-refractivity contribution in [3.05, 3.63) is 23.4 Å². The molecule has 0 spiro atoms. The standard InChI is InChI=1S/C16H27NO4Si/c1-16(2,3)22(5,6)21-11-12-9-13(7-8-15(18)19)17-14(10-12)20-4/h9-10H,7-8,11H2,1-6H3,(H,18,19). The summed E-state index contributed by atoms with van der Waals surface area (Å²) in [5.41, 5.74) is 1.69. The Hall–Kier alpha value is -1.40. The second kappa shape index (κ2) is 7.24. The van der Waals surface area contributed by atoms with Crippen LogP contribution in [0.4, 0.5) is 0 Å². The molecule has 0 saturated heterocycles. The number of methoxy groups -OCH3 is 1. The lowest BCUT2D eigenvalue weighted by Crippen LogP contribution is -2.40. The molecule has 6 heteroatoms. The van der Waals surface area contributed by atoms with E-state index < -0.39 is 14.3 Å². The van der Waals surface area contributed by atoms with E-state index in [1.807, 2.05) is 12.1 Å². The van der Waals surface area contributed by atoms with Crippen LogP contribution in [0.25, 0.3) is 0 Å². The largest absolute Gasteiger partial charge is 0.481 e. The van der Waals surface area contributed by atoms with Gasteiger partial charge in [0.25, 0.3) is 0 Å². The summed E-state index contributed by atoms with van der Waals surface area (Å²) in [7, 11) is -0.267. The van der Waals surface area contributed by atoms with Crippen LogP contribution in [-0.4, -0.2) is 31.5 Å². The van der Waals surface area contributed by atoms with Gasteiger partial charge in [-0.15, -0.1) is 0 Å². The molecule has 1 rings (SSSR count). The van der Waals surface area contributed by atoms with Gasteiger partial charge < -0.3 is 14.3 Å². The van der Waals surface area contributed by atoms with Crippen molar-refractivity contribution < 1.29 is 19.1 Å². The van der Waals surface area contributed by atoms with Crippen molar-refractivity contribution in [1.29, 1.82) is 0 Å². The molecule has 0 aliphatic carbocycles. The van der Waals surface area contributed by atoms with E-state index in [9.17, 15) is 4.79 Å². The highest BCUT2D eigenvalue weighted by Gasteiger charge is 2.37. The SMILES string of the molecule is COc1cc(CO[Si](C)(C)C(C)(C)C)cc(CCC(=O)O)n1. The van der Waals surface area contributed by atoms with Crippen LogP contribution in [-0.2, 0) is 22.2 Å². The lowest BCUT2D eigenvalue weighted by molar-refractivity contribution is -0.136. The molecule has 0 saturated carbocycles. The van der Waals surface area contributed by atoms with Gasteiger partial charge in [0.15, 0.2) is 8.32 Å². The zero-order valence-electron chi connectivity index (χ0n) is 14.4. The van der Waals surface area contributed by atoms with E-state index in [1.165, 1.54) is 0 Å². The molecular weight excluding hydrogens is 298 g/mol. The Morgan fingerprint density at radius 3 is 2.45 bits per heavy atom. The van der Waals surface area contributed by atoms with E-state index in [0.29, 0.717) is 18.9 Å². The quantitative estimate of drug-likeness (QED) is 0.775. The van der Waals surface area contributed by atoms with E-state index in [0.717, 1.165) is 11.3 Å². The Kier molecular flexibility index (Phi) is 6.14. The molecule has 0 bridgehead atoms. The number of nitrogens with zero attached hydrogens (tertiary/aromatic N) is 1. The Morgan fingerprint density at radius 2 is 1.95 bits per heavy atom. The van der Waals surface area contributed by atoms with Crippen LogP contribution < -0.4 is 4.74 Å². The minimum absolute atomic E-state index is 0.0582. The first-order chi connectivity index (χ1) is 10.0. The van der Waals surface area contributed by atoms with Crippen molar-refractivity contribution in [1.82, 2.24) is 4.98 Å². The minimum atomic E-state index is -1.82. The molecule has 0 amide bonds. The van der Waals surface area contributed by atoms with Gasteiger partial charge >= 0.3 is 5.97 Å². The van der Waals surface area contributed by atoms with Crippen molar-refractivity contribution in [2.45, 2.75) is 58.4 Å². The van der Waals surface area contributed by atoms with Gasteiger partial charge in [-0.25, -0.2) is 4.98 Å². The summed E-state index contributed by atoms with van der Waals surface area (Å²) in [6, 6.07) is 3.75. The highest BCUT2D eigenvalue weighted by Crippen LogP contribution is 2.37. The van der Waals surface area contributed by atoms with E-state index >= 15 is 0 Å². The summed E-state index contributed by atoms with van der Waals surface area (Å²) in [5.74, 6) is -0.333. The number of carbonyl (C=O) groups is 1. The van der Waals surface area contributed by atoms with Crippen molar-refractivity contribution in [3.63, 3.8) is 0 Å². The highest BCUT2D eigenvalue weighted by atomic mass is 28.4. The molecule has 0 aliphatic heterocycles. The second-order valence-corrected chi connectivity index (χ2v) is 11.8. The van der Waals surface area contributed by atoms with Crippen molar-refractivity contribution in [2.24, 2.45) is 0 Å². The van der Waals surface area contributed by atoms with Crippen molar-refractivity contribution in [2.75, 3.05) is 7.11 Å². The van der Waals surface area contributed by atoms with Crippen LogP contribution >= 0.6 is 0 Å². The fourth-order valence-corrected chi connectivity index (χ4v) is 2.61. The van der Waals surface area contributed by atoms with Crippen LogP contribution in [0.3, 0.4) is 0 Å². The number of pyridine rings is 1. The predicted molar refractivity (Wildman–Crippen MR) is 88.7 cm³/mol. The van der Waals surface area contributed by atoms with Gasteiger partial charge in [-0.05, 0) is 29.8 Å². The first kappa shape index (κ1) is 18.6. The third-order valence-electron chi connectivity index (χ3n) is 4.12. The van der Waals surface area contributed by atoms with Gasteiger partial charge in [0.2, 0.25) is 5.88 Å². The fraction of sp³-hybridized carbons (Fsp3) is 0.625. The molecule has 1 heterocycles. The van der Waals surface area contributed by atoms with Crippen LogP contribution in [0, 0.1) is 0 Å². The Balaban J connectivity index is 2.85. The summed E-state index contributed by atoms with van der Waals surface area (Å²) in [6.45, 7) is 11.5. The summed E-state index contributed by atoms with van der Waals surface area (Å²) < 4.78 is 11.4. The predicted octanol–water partition coefficient (Wildman–Crippen LogP) is 3.63. The van der Waals surface area contributed by atoms with Gasteiger partial charge in [-0.1, -0.05) is 20.8 Å². The summed E-state index contributed by atoms with van der Waals surface area (Å²) in [6.07, 6.45) is 0.447. The molecule has 0 atom stereocenters. The first-order valence-corrected chi connectivity index (χ1v) is 10.4. The third-order valence-corrected chi connectivity index (χ3v) is 8.60. The lowest BCUT2D eigenvalue weighted by atomic mass is 10.1. The summed E-state index contributed by atoms with van der Waals surface area (Å²) in [5, 5.41) is 8.94. The number of hydrogen-bond donors (Lipinski definition) is 1. The first-order valence-electron chi connectivity index (χ1n) is 7.45. The van der Waals surface area contributed by atoms with E-state index in [1.54, 1.807) is 7.11 Å². The number of rotatable bonds is 7. The molecule has 124 valence electrons. The minimum Gasteiger partial charge on any atom is -0.481 e. The fourth-order valence-electron chi connectivity index (χ4n) is 1.65. The van der Waals surface area contributed by atoms with Crippen LogP contribution in [0.1, 0.15) is 38.4 Å². The van der Waals surface area contributed by atoms with Gasteiger partial charge in [0.05, 0.1) is 20.1 Å². The number of aliphatic carboxylic acids is 1. The molecular formula is C16H27NO4Si. The maximum atomic E-state index is 10.7. The average molecular weight is 325 g/mol. The number of aryl methyl sites for hydroxylation is 1. The zero-order chi connectivity index (χ0) is 17.0. The molecule has 1 aromatic heterocycles. The van der Waals surface area contributed by atoms with Gasteiger partial charge in [-0.3, -0.25) is 4.79 Å². The van der Waals surface area contributed by atoms with E-state index in [2.05, 4.69) is 38.8 Å². The number of ether oxygens (including phenoxy) is 1. The van der Waals surface area contributed by atoms with Crippen molar-refractivity contribution in [3.8, 4) is 5.88 Å². The Labute approximate surface area is 133 Å². The Morgan fingerprint density at radius 1 is 1.32 bits per heavy atom.